The molecule has 1 saturated heterocycles. The van der Waals surface area contributed by atoms with E-state index in [1.54, 1.807) is 0 Å². The lowest BCUT2D eigenvalue weighted by Crippen LogP contribution is -2.25. The van der Waals surface area contributed by atoms with Crippen LogP contribution in [0.4, 0.5) is 0 Å². The third kappa shape index (κ3) is 2.87. The summed E-state index contributed by atoms with van der Waals surface area (Å²) in [7, 11) is 0. The van der Waals surface area contributed by atoms with Crippen molar-refractivity contribution in [3.63, 3.8) is 0 Å². The van der Waals surface area contributed by atoms with Crippen LogP contribution in [0.25, 0.3) is 0 Å². The van der Waals surface area contributed by atoms with Gasteiger partial charge in [0.05, 0.1) is 6.42 Å². The fourth-order valence-electron chi connectivity index (χ4n) is 2.42. The molecule has 1 aliphatic heterocycles. The minimum absolute atomic E-state index is 0.250. The monoisotopic (exact) mass is 253 g/mol. The van der Waals surface area contributed by atoms with E-state index in [1.807, 2.05) is 11.3 Å². The molecule has 0 spiro atoms. The Morgan fingerprint density at radius 2 is 2.35 bits per heavy atom. The van der Waals surface area contributed by atoms with Gasteiger partial charge in [0.15, 0.2) is 0 Å². The molecule has 1 aromatic heterocycles. The molecule has 0 amide bonds. The highest BCUT2D eigenvalue weighted by Gasteiger charge is 2.27. The Morgan fingerprint density at radius 1 is 1.59 bits per heavy atom. The molecule has 94 valence electrons. The number of hydrogen-bond donors (Lipinski definition) is 1. The standard InChI is InChI=1S/C13H19NO2S/c1-9-8-12(17-10(9)2)11-4-3-6-14(11)7-5-13(15)16/h8,11H,3-7H2,1-2H3,(H,15,16). The number of rotatable bonds is 4. The zero-order chi connectivity index (χ0) is 12.4. The Hall–Kier alpha value is -0.870. The third-order valence-corrected chi connectivity index (χ3v) is 4.74. The second-order valence-electron chi connectivity index (χ2n) is 4.73. The molecule has 0 bridgehead atoms. The normalized spacial score (nSPS) is 20.9. The molecule has 17 heavy (non-hydrogen) atoms. The number of likely N-dealkylation sites (tertiary alicyclic amines) is 1. The van der Waals surface area contributed by atoms with E-state index in [9.17, 15) is 4.79 Å². The SMILES string of the molecule is Cc1cc(C2CCCN2CCC(=O)O)sc1C. The number of aryl methyl sites for hydroxylation is 2. The fourth-order valence-corrected chi connectivity index (χ4v) is 3.63. The molecule has 1 aromatic rings. The molecule has 3 nitrogen and oxygen atoms in total. The predicted molar refractivity (Wildman–Crippen MR) is 69.6 cm³/mol. The van der Waals surface area contributed by atoms with Crippen molar-refractivity contribution in [3.8, 4) is 0 Å². The van der Waals surface area contributed by atoms with E-state index >= 15 is 0 Å². The minimum atomic E-state index is -0.700. The van der Waals surface area contributed by atoms with E-state index in [4.69, 9.17) is 5.11 Å². The molecule has 0 radical (unpaired) electrons. The molecular weight excluding hydrogens is 234 g/mol. The van der Waals surface area contributed by atoms with Gasteiger partial charge in [-0.25, -0.2) is 0 Å². The molecule has 2 heterocycles. The van der Waals surface area contributed by atoms with E-state index in [1.165, 1.54) is 28.2 Å². The summed E-state index contributed by atoms with van der Waals surface area (Å²) in [5.74, 6) is -0.700. The van der Waals surface area contributed by atoms with E-state index in [0.29, 0.717) is 12.6 Å². The summed E-state index contributed by atoms with van der Waals surface area (Å²) in [6, 6.07) is 2.72. The number of carboxylic acid groups (broad SMARTS) is 1. The van der Waals surface area contributed by atoms with Crippen molar-refractivity contribution in [2.45, 2.75) is 39.2 Å². The van der Waals surface area contributed by atoms with Crippen LogP contribution in [0.3, 0.4) is 0 Å². The van der Waals surface area contributed by atoms with Crippen molar-refractivity contribution in [2.75, 3.05) is 13.1 Å². The Balaban J connectivity index is 2.06. The topological polar surface area (TPSA) is 40.5 Å². The largest absolute Gasteiger partial charge is 0.481 e. The van der Waals surface area contributed by atoms with Gasteiger partial charge < -0.3 is 5.11 Å². The Kier molecular flexibility index (Phi) is 3.84. The molecule has 1 N–H and O–H groups in total. The van der Waals surface area contributed by atoms with E-state index in [0.717, 1.165) is 6.54 Å². The zero-order valence-electron chi connectivity index (χ0n) is 10.4. The summed E-state index contributed by atoms with van der Waals surface area (Å²) >= 11 is 1.86. The highest BCUT2D eigenvalue weighted by Crippen LogP contribution is 2.37. The summed E-state index contributed by atoms with van der Waals surface area (Å²) in [6.07, 6.45) is 2.60. The van der Waals surface area contributed by atoms with Crippen LogP contribution in [-0.4, -0.2) is 29.1 Å². The van der Waals surface area contributed by atoms with Crippen LogP contribution >= 0.6 is 11.3 Å². The van der Waals surface area contributed by atoms with Gasteiger partial charge in [-0.3, -0.25) is 9.69 Å². The van der Waals surface area contributed by atoms with Gasteiger partial charge in [0.2, 0.25) is 0 Å². The molecule has 1 aliphatic rings. The van der Waals surface area contributed by atoms with Crippen LogP contribution in [0.15, 0.2) is 6.07 Å². The molecule has 2 rings (SSSR count). The van der Waals surface area contributed by atoms with Crippen LogP contribution in [0.2, 0.25) is 0 Å². The molecular formula is C13H19NO2S. The molecule has 1 atom stereocenters. The lowest BCUT2D eigenvalue weighted by molar-refractivity contribution is -0.137. The van der Waals surface area contributed by atoms with Crippen LogP contribution in [0.5, 0.6) is 0 Å². The first kappa shape index (κ1) is 12.6. The average Bonchev–Trinajstić information content (AvgIpc) is 2.83. The van der Waals surface area contributed by atoms with E-state index in [2.05, 4.69) is 24.8 Å². The molecule has 1 unspecified atom stereocenters. The molecule has 0 aromatic carbocycles. The number of carboxylic acids is 1. The van der Waals surface area contributed by atoms with Crippen molar-refractivity contribution in [1.82, 2.24) is 4.90 Å². The van der Waals surface area contributed by atoms with Gasteiger partial charge in [-0.1, -0.05) is 0 Å². The fraction of sp³-hybridized carbons (Fsp3) is 0.615. The van der Waals surface area contributed by atoms with Crippen molar-refractivity contribution in [1.29, 1.82) is 0 Å². The van der Waals surface area contributed by atoms with Gasteiger partial charge in [-0.15, -0.1) is 11.3 Å². The summed E-state index contributed by atoms with van der Waals surface area (Å²) in [6.45, 7) is 6.01. The maximum absolute atomic E-state index is 10.6. The Labute approximate surface area is 106 Å². The summed E-state index contributed by atoms with van der Waals surface area (Å²) in [5, 5.41) is 8.75. The van der Waals surface area contributed by atoms with Crippen LogP contribution < -0.4 is 0 Å². The average molecular weight is 253 g/mol. The van der Waals surface area contributed by atoms with Crippen LogP contribution in [0.1, 0.15) is 40.6 Å². The lowest BCUT2D eigenvalue weighted by atomic mass is 10.1. The highest BCUT2D eigenvalue weighted by molar-refractivity contribution is 7.12. The maximum atomic E-state index is 10.6. The molecule has 0 saturated carbocycles. The van der Waals surface area contributed by atoms with Crippen molar-refractivity contribution in [2.24, 2.45) is 0 Å². The van der Waals surface area contributed by atoms with Gasteiger partial charge in [0.25, 0.3) is 0 Å². The summed E-state index contributed by atoms with van der Waals surface area (Å²) in [5.41, 5.74) is 1.36. The minimum Gasteiger partial charge on any atom is -0.481 e. The molecule has 0 aliphatic carbocycles. The van der Waals surface area contributed by atoms with Gasteiger partial charge >= 0.3 is 5.97 Å². The highest BCUT2D eigenvalue weighted by atomic mass is 32.1. The maximum Gasteiger partial charge on any atom is 0.304 e. The zero-order valence-corrected chi connectivity index (χ0v) is 11.2. The number of nitrogens with zero attached hydrogens (tertiary/aromatic N) is 1. The summed E-state index contributed by atoms with van der Waals surface area (Å²) in [4.78, 5) is 15.7. The van der Waals surface area contributed by atoms with Crippen molar-refractivity contribution < 1.29 is 9.90 Å². The quantitative estimate of drug-likeness (QED) is 0.896. The summed E-state index contributed by atoms with van der Waals surface area (Å²) < 4.78 is 0. The smallest absolute Gasteiger partial charge is 0.304 e. The number of carbonyl (C=O) groups is 1. The lowest BCUT2D eigenvalue weighted by Gasteiger charge is -2.22. The van der Waals surface area contributed by atoms with Gasteiger partial charge in [0.1, 0.15) is 0 Å². The van der Waals surface area contributed by atoms with Crippen molar-refractivity contribution in [3.05, 3.63) is 21.4 Å². The van der Waals surface area contributed by atoms with E-state index < -0.39 is 5.97 Å². The second-order valence-corrected chi connectivity index (χ2v) is 6.01. The molecule has 4 heteroatoms. The number of hydrogen-bond acceptors (Lipinski definition) is 3. The van der Waals surface area contributed by atoms with Crippen molar-refractivity contribution >= 4 is 17.3 Å². The second kappa shape index (κ2) is 5.19. The Morgan fingerprint density at radius 3 is 2.94 bits per heavy atom. The predicted octanol–water partition coefficient (Wildman–Crippen LogP) is 2.98. The number of thiophene rings is 1. The first-order valence-corrected chi connectivity index (χ1v) is 6.92. The van der Waals surface area contributed by atoms with Crippen LogP contribution in [-0.2, 0) is 4.79 Å². The first-order valence-electron chi connectivity index (χ1n) is 6.10. The third-order valence-electron chi connectivity index (χ3n) is 3.49. The van der Waals surface area contributed by atoms with E-state index in [-0.39, 0.29) is 6.42 Å². The molecule has 1 fully saturated rings. The van der Waals surface area contributed by atoms with Gasteiger partial charge in [-0.2, -0.15) is 0 Å². The number of aliphatic carboxylic acids is 1. The van der Waals surface area contributed by atoms with Gasteiger partial charge in [-0.05, 0) is 44.9 Å². The first-order chi connectivity index (χ1) is 8.08. The van der Waals surface area contributed by atoms with Gasteiger partial charge in [0, 0.05) is 22.3 Å². The van der Waals surface area contributed by atoms with Crippen LogP contribution in [0, 0.1) is 13.8 Å². The Bertz CT molecular complexity index is 394.